The Labute approximate surface area is 179 Å². The minimum absolute atomic E-state index is 0.0675. The fourth-order valence-electron chi connectivity index (χ4n) is 3.49. The van der Waals surface area contributed by atoms with Crippen LogP contribution in [0.15, 0.2) is 72.6 Å². The highest BCUT2D eigenvalue weighted by atomic mass is 19.2. The summed E-state index contributed by atoms with van der Waals surface area (Å²) < 4.78 is 27.3. The number of aliphatic hydroxyl groups excluding tert-OH is 1. The third-order valence-electron chi connectivity index (χ3n) is 5.00. The van der Waals surface area contributed by atoms with Gasteiger partial charge in [0.15, 0.2) is 11.6 Å². The number of non-ortho nitro benzene ring substituents is 1. The van der Waals surface area contributed by atoms with Crippen LogP contribution in [0, 0.1) is 21.7 Å². The molecule has 0 bridgehead atoms. The van der Waals surface area contributed by atoms with Crippen molar-refractivity contribution in [2.75, 3.05) is 4.90 Å². The van der Waals surface area contributed by atoms with Gasteiger partial charge in [0.25, 0.3) is 17.4 Å². The van der Waals surface area contributed by atoms with Gasteiger partial charge in [0, 0.05) is 41.8 Å². The number of nitrogens with zero attached hydrogens (tertiary/aromatic N) is 3. The largest absolute Gasteiger partial charge is 0.507 e. The number of pyridine rings is 1. The van der Waals surface area contributed by atoms with Crippen LogP contribution in [0.3, 0.4) is 0 Å². The van der Waals surface area contributed by atoms with Crippen LogP contribution >= 0.6 is 0 Å². The van der Waals surface area contributed by atoms with Gasteiger partial charge in [-0.3, -0.25) is 29.6 Å². The predicted octanol–water partition coefficient (Wildman–Crippen LogP) is 3.89. The third kappa shape index (κ3) is 3.47. The number of nitro benzene ring substituents is 1. The van der Waals surface area contributed by atoms with Gasteiger partial charge in [-0.15, -0.1) is 0 Å². The number of carbonyl (C=O) groups is 2. The second-order valence-corrected chi connectivity index (χ2v) is 6.85. The lowest BCUT2D eigenvalue weighted by Gasteiger charge is -2.25. The number of aliphatic hydroxyl groups is 1. The summed E-state index contributed by atoms with van der Waals surface area (Å²) in [5, 5.41) is 21.8. The second kappa shape index (κ2) is 7.99. The van der Waals surface area contributed by atoms with Crippen molar-refractivity contribution in [2.24, 2.45) is 0 Å². The maximum absolute atomic E-state index is 13.9. The number of nitro groups is 1. The second-order valence-electron chi connectivity index (χ2n) is 6.85. The number of anilines is 1. The van der Waals surface area contributed by atoms with Gasteiger partial charge in [0.2, 0.25) is 0 Å². The fourth-order valence-corrected chi connectivity index (χ4v) is 3.49. The summed E-state index contributed by atoms with van der Waals surface area (Å²) in [5.41, 5.74) is -0.171. The van der Waals surface area contributed by atoms with Crippen molar-refractivity contribution in [1.29, 1.82) is 0 Å². The highest BCUT2D eigenvalue weighted by molar-refractivity contribution is 6.51. The van der Waals surface area contributed by atoms with E-state index in [-0.39, 0.29) is 22.5 Å². The molecule has 1 atom stereocenters. The minimum Gasteiger partial charge on any atom is -0.507 e. The lowest BCUT2D eigenvalue weighted by atomic mass is 9.95. The van der Waals surface area contributed by atoms with Crippen molar-refractivity contribution in [3.8, 4) is 0 Å². The van der Waals surface area contributed by atoms with E-state index in [1.54, 1.807) is 0 Å². The summed E-state index contributed by atoms with van der Waals surface area (Å²) in [6.45, 7) is 0. The van der Waals surface area contributed by atoms with Gasteiger partial charge in [-0.1, -0.05) is 0 Å². The van der Waals surface area contributed by atoms with Gasteiger partial charge in [0.1, 0.15) is 5.76 Å². The molecule has 2 aromatic carbocycles. The zero-order valence-corrected chi connectivity index (χ0v) is 16.1. The Morgan fingerprint density at radius 1 is 1.00 bits per heavy atom. The van der Waals surface area contributed by atoms with Gasteiger partial charge in [-0.2, -0.15) is 0 Å². The Bertz CT molecular complexity index is 1280. The lowest BCUT2D eigenvalue weighted by molar-refractivity contribution is -0.384. The van der Waals surface area contributed by atoms with Gasteiger partial charge in [0.05, 0.1) is 16.5 Å². The van der Waals surface area contributed by atoms with Crippen LogP contribution in [-0.4, -0.2) is 26.7 Å². The number of benzene rings is 2. The molecule has 160 valence electrons. The summed E-state index contributed by atoms with van der Waals surface area (Å²) in [5.74, 6) is -5.01. The van der Waals surface area contributed by atoms with Crippen LogP contribution in [0.2, 0.25) is 0 Å². The van der Waals surface area contributed by atoms with E-state index in [0.29, 0.717) is 5.56 Å². The van der Waals surface area contributed by atoms with Crippen LogP contribution in [0.5, 0.6) is 0 Å². The average Bonchev–Trinajstić information content (AvgIpc) is 3.06. The normalized spacial score (nSPS) is 17.6. The van der Waals surface area contributed by atoms with E-state index in [0.717, 1.165) is 35.2 Å². The maximum Gasteiger partial charge on any atom is 0.300 e. The van der Waals surface area contributed by atoms with Gasteiger partial charge < -0.3 is 5.11 Å². The molecule has 1 unspecified atom stereocenters. The van der Waals surface area contributed by atoms with E-state index in [1.807, 2.05) is 0 Å². The van der Waals surface area contributed by atoms with Crippen molar-refractivity contribution in [3.05, 3.63) is 105 Å². The first-order valence-electron chi connectivity index (χ1n) is 9.20. The molecule has 2 heterocycles. The van der Waals surface area contributed by atoms with Crippen LogP contribution in [0.4, 0.5) is 20.2 Å². The summed E-state index contributed by atoms with van der Waals surface area (Å²) in [4.78, 5) is 40.9. The highest BCUT2D eigenvalue weighted by Crippen LogP contribution is 2.42. The topological polar surface area (TPSA) is 114 Å². The molecule has 4 rings (SSSR count). The quantitative estimate of drug-likeness (QED) is 0.218. The van der Waals surface area contributed by atoms with Crippen molar-refractivity contribution in [3.63, 3.8) is 0 Å². The number of halogens is 2. The van der Waals surface area contributed by atoms with Crippen molar-refractivity contribution >= 4 is 28.8 Å². The number of carbonyl (C=O) groups excluding carboxylic acids is 2. The monoisotopic (exact) mass is 437 g/mol. The van der Waals surface area contributed by atoms with E-state index in [2.05, 4.69) is 4.98 Å². The number of ketones is 1. The lowest BCUT2D eigenvalue weighted by Crippen LogP contribution is -2.29. The molecule has 1 aliphatic heterocycles. The molecule has 1 saturated heterocycles. The zero-order valence-electron chi connectivity index (χ0n) is 16.1. The van der Waals surface area contributed by atoms with E-state index in [1.165, 1.54) is 36.7 Å². The molecular weight excluding hydrogens is 424 g/mol. The molecule has 0 radical (unpaired) electrons. The number of Topliss-reactive ketones (excluding diaryl/α,β-unsaturated/α-hetero) is 1. The molecule has 3 aromatic rings. The first-order valence-corrected chi connectivity index (χ1v) is 9.20. The number of hydrogen-bond acceptors (Lipinski definition) is 6. The number of rotatable bonds is 4. The molecular formula is C22H13F2N3O5. The smallest absolute Gasteiger partial charge is 0.300 e. The van der Waals surface area contributed by atoms with E-state index >= 15 is 0 Å². The Balaban J connectivity index is 1.91. The van der Waals surface area contributed by atoms with Crippen LogP contribution in [-0.2, 0) is 9.59 Å². The first kappa shape index (κ1) is 20.8. The molecule has 0 aliphatic carbocycles. The molecule has 0 spiro atoms. The molecule has 8 nitrogen and oxygen atoms in total. The van der Waals surface area contributed by atoms with Crippen LogP contribution < -0.4 is 4.90 Å². The van der Waals surface area contributed by atoms with E-state index in [9.17, 15) is 33.6 Å². The van der Waals surface area contributed by atoms with Crippen molar-refractivity contribution in [2.45, 2.75) is 6.04 Å². The van der Waals surface area contributed by atoms with Gasteiger partial charge in [-0.25, -0.2) is 8.78 Å². The molecule has 32 heavy (non-hydrogen) atoms. The van der Waals surface area contributed by atoms with Crippen LogP contribution in [0.1, 0.15) is 17.2 Å². The van der Waals surface area contributed by atoms with E-state index < -0.39 is 40.0 Å². The Morgan fingerprint density at radius 3 is 2.25 bits per heavy atom. The summed E-state index contributed by atoms with van der Waals surface area (Å²) in [6, 6.07) is 9.35. The molecule has 1 fully saturated rings. The number of aromatic nitrogens is 1. The molecule has 1 aliphatic rings. The molecule has 0 saturated carbocycles. The Kier molecular flexibility index (Phi) is 5.19. The van der Waals surface area contributed by atoms with Crippen LogP contribution in [0.25, 0.3) is 5.76 Å². The summed E-state index contributed by atoms with van der Waals surface area (Å²) in [6.07, 6.45) is 2.82. The minimum atomic E-state index is -1.21. The highest BCUT2D eigenvalue weighted by Gasteiger charge is 2.47. The van der Waals surface area contributed by atoms with Crippen molar-refractivity contribution < 1.29 is 28.4 Å². The summed E-state index contributed by atoms with van der Waals surface area (Å²) in [7, 11) is 0. The number of hydrogen-bond donors (Lipinski definition) is 1. The molecule has 1 aromatic heterocycles. The molecule has 1 amide bonds. The predicted molar refractivity (Wildman–Crippen MR) is 108 cm³/mol. The fraction of sp³-hybridized carbons (Fsp3) is 0.0455. The number of amides is 1. The third-order valence-corrected chi connectivity index (χ3v) is 5.00. The zero-order chi connectivity index (χ0) is 23.0. The summed E-state index contributed by atoms with van der Waals surface area (Å²) >= 11 is 0. The molecule has 10 heteroatoms. The average molecular weight is 437 g/mol. The van der Waals surface area contributed by atoms with E-state index in [4.69, 9.17) is 0 Å². The van der Waals surface area contributed by atoms with Gasteiger partial charge >= 0.3 is 0 Å². The Morgan fingerprint density at radius 2 is 1.66 bits per heavy atom. The van der Waals surface area contributed by atoms with Crippen molar-refractivity contribution in [1.82, 2.24) is 4.98 Å². The first-order chi connectivity index (χ1) is 15.3. The Hall–Kier alpha value is -4.47. The standard InChI is InChI=1S/C22H13F2N3O5/c23-16-6-5-15(11-17(16)24)26-19(12-7-9-25-10-8-12)18(21(29)22(26)30)20(28)13-1-3-14(4-2-13)27(31)32/h1-11,19,28H/b20-18+. The van der Waals surface area contributed by atoms with Gasteiger partial charge in [-0.05, 0) is 42.0 Å². The molecule has 1 N–H and O–H groups in total. The maximum atomic E-state index is 13.9. The SMILES string of the molecule is O=C1C(=O)N(c2ccc(F)c(F)c2)C(c2ccncc2)/C1=C(\O)c1ccc([N+](=O)[O-])cc1.